The molecule has 114 valence electrons. The molecule has 1 rings (SSSR count). The van der Waals surface area contributed by atoms with Gasteiger partial charge in [-0.25, -0.2) is 8.42 Å². The van der Waals surface area contributed by atoms with Crippen molar-refractivity contribution in [2.75, 3.05) is 39.5 Å². The number of hydrogen-bond donors (Lipinski definition) is 1. The average Bonchev–Trinajstić information content (AvgIpc) is 2.32. The Bertz CT molecular complexity index is 521. The first-order valence-electron chi connectivity index (χ1n) is 6.79. The maximum atomic E-state index is 12.7. The minimum absolute atomic E-state index is 0.280. The van der Waals surface area contributed by atoms with Gasteiger partial charge in [0.15, 0.2) is 0 Å². The van der Waals surface area contributed by atoms with E-state index in [0.717, 1.165) is 12.0 Å². The normalized spacial score (nSPS) is 12.3. The van der Waals surface area contributed by atoms with Crippen molar-refractivity contribution in [3.8, 4) is 0 Å². The lowest BCUT2D eigenvalue weighted by atomic mass is 10.2. The maximum absolute atomic E-state index is 12.7. The van der Waals surface area contributed by atoms with Gasteiger partial charge in [-0.05, 0) is 51.2 Å². The molecule has 0 bridgehead atoms. The summed E-state index contributed by atoms with van der Waals surface area (Å²) in [5.74, 6) is 0. The number of sulfonamides is 1. The summed E-state index contributed by atoms with van der Waals surface area (Å²) in [6.45, 7) is 5.52. The highest BCUT2D eigenvalue weighted by molar-refractivity contribution is 7.89. The van der Waals surface area contributed by atoms with E-state index in [2.05, 4.69) is 0 Å². The first kappa shape index (κ1) is 16.9. The predicted molar refractivity (Wildman–Crippen MR) is 83.2 cm³/mol. The molecule has 0 saturated carbocycles. The Kier molecular flexibility index (Phi) is 5.98. The Morgan fingerprint density at radius 3 is 2.25 bits per heavy atom. The fourth-order valence-corrected chi connectivity index (χ4v) is 3.65. The fourth-order valence-electron chi connectivity index (χ4n) is 1.99. The summed E-state index contributed by atoms with van der Waals surface area (Å²) in [5.41, 5.74) is 7.09. The van der Waals surface area contributed by atoms with Crippen molar-refractivity contribution in [2.24, 2.45) is 0 Å². The minimum atomic E-state index is -3.48. The van der Waals surface area contributed by atoms with E-state index in [1.54, 1.807) is 12.1 Å². The van der Waals surface area contributed by atoms with Crippen molar-refractivity contribution >= 4 is 15.7 Å². The summed E-state index contributed by atoms with van der Waals surface area (Å²) in [5, 5.41) is 0. The molecule has 0 spiro atoms. The number of nitrogen functional groups attached to an aromatic ring is 1. The molecule has 0 amide bonds. The van der Waals surface area contributed by atoms with Crippen LogP contribution in [-0.2, 0) is 10.0 Å². The molecule has 1 aromatic rings. The highest BCUT2D eigenvalue weighted by atomic mass is 32.2. The van der Waals surface area contributed by atoms with E-state index in [0.29, 0.717) is 25.3 Å². The van der Waals surface area contributed by atoms with Gasteiger partial charge < -0.3 is 10.6 Å². The predicted octanol–water partition coefficient (Wildman–Crippen LogP) is 1.54. The van der Waals surface area contributed by atoms with Gasteiger partial charge in [0.1, 0.15) is 0 Å². The molecular formula is C14H25N3O2S. The largest absolute Gasteiger partial charge is 0.399 e. The second-order valence-electron chi connectivity index (χ2n) is 5.29. The highest BCUT2D eigenvalue weighted by Gasteiger charge is 2.24. The maximum Gasteiger partial charge on any atom is 0.243 e. The molecule has 0 atom stereocenters. The van der Waals surface area contributed by atoms with Gasteiger partial charge in [-0.2, -0.15) is 4.31 Å². The van der Waals surface area contributed by atoms with Crippen molar-refractivity contribution in [3.63, 3.8) is 0 Å². The van der Waals surface area contributed by atoms with Gasteiger partial charge in [0.25, 0.3) is 0 Å². The summed E-state index contributed by atoms with van der Waals surface area (Å²) >= 11 is 0. The second kappa shape index (κ2) is 7.06. The second-order valence-corrected chi connectivity index (χ2v) is 7.22. The van der Waals surface area contributed by atoms with Crippen LogP contribution in [0.2, 0.25) is 0 Å². The molecule has 20 heavy (non-hydrogen) atoms. The van der Waals surface area contributed by atoms with Crippen LogP contribution in [0.3, 0.4) is 0 Å². The monoisotopic (exact) mass is 299 g/mol. The number of anilines is 1. The smallest absolute Gasteiger partial charge is 0.243 e. The van der Waals surface area contributed by atoms with Crippen molar-refractivity contribution in [1.29, 1.82) is 0 Å². The van der Waals surface area contributed by atoms with E-state index in [9.17, 15) is 8.42 Å². The number of rotatable bonds is 7. The topological polar surface area (TPSA) is 66.6 Å². The van der Waals surface area contributed by atoms with E-state index < -0.39 is 10.0 Å². The molecule has 0 aliphatic carbocycles. The first-order chi connectivity index (χ1) is 9.27. The van der Waals surface area contributed by atoms with Crippen LogP contribution in [0.15, 0.2) is 23.1 Å². The number of aryl methyl sites for hydroxylation is 1. The SMILES string of the molecule is CCCN(CCN(C)C)S(=O)(=O)c1cc(C)cc(N)c1. The van der Waals surface area contributed by atoms with E-state index in [-0.39, 0.29) is 4.90 Å². The van der Waals surface area contributed by atoms with Crippen LogP contribution >= 0.6 is 0 Å². The summed E-state index contributed by atoms with van der Waals surface area (Å²) in [6.07, 6.45) is 0.786. The lowest BCUT2D eigenvalue weighted by Crippen LogP contribution is -2.37. The third-order valence-corrected chi connectivity index (χ3v) is 4.86. The zero-order chi connectivity index (χ0) is 15.3. The zero-order valence-electron chi connectivity index (χ0n) is 12.8. The highest BCUT2D eigenvalue weighted by Crippen LogP contribution is 2.20. The van der Waals surface area contributed by atoms with Gasteiger partial charge in [-0.3, -0.25) is 0 Å². The van der Waals surface area contributed by atoms with Gasteiger partial charge in [0.2, 0.25) is 10.0 Å². The molecule has 6 heteroatoms. The zero-order valence-corrected chi connectivity index (χ0v) is 13.6. The van der Waals surface area contributed by atoms with Crippen molar-refractivity contribution in [2.45, 2.75) is 25.2 Å². The van der Waals surface area contributed by atoms with Crippen LogP contribution in [0.4, 0.5) is 5.69 Å². The molecule has 0 fully saturated rings. The molecule has 0 aromatic heterocycles. The van der Waals surface area contributed by atoms with Crippen LogP contribution in [0.25, 0.3) is 0 Å². The molecule has 2 N–H and O–H groups in total. The van der Waals surface area contributed by atoms with Crippen LogP contribution in [0, 0.1) is 6.92 Å². The summed E-state index contributed by atoms with van der Waals surface area (Å²) < 4.78 is 26.9. The third kappa shape index (κ3) is 4.47. The van der Waals surface area contributed by atoms with Crippen molar-refractivity contribution < 1.29 is 8.42 Å². The molecule has 5 nitrogen and oxygen atoms in total. The fraction of sp³-hybridized carbons (Fsp3) is 0.571. The van der Waals surface area contributed by atoms with Gasteiger partial charge in [0.05, 0.1) is 4.90 Å². The summed E-state index contributed by atoms with van der Waals surface area (Å²) in [7, 11) is 0.387. The Morgan fingerprint density at radius 2 is 1.75 bits per heavy atom. The third-order valence-electron chi connectivity index (χ3n) is 2.98. The number of benzene rings is 1. The molecule has 1 aromatic carbocycles. The van der Waals surface area contributed by atoms with Gasteiger partial charge in [-0.15, -0.1) is 0 Å². The molecule has 0 heterocycles. The molecule has 0 aliphatic rings. The Morgan fingerprint density at radius 1 is 1.10 bits per heavy atom. The van der Waals surface area contributed by atoms with Crippen molar-refractivity contribution in [1.82, 2.24) is 9.21 Å². The number of likely N-dealkylation sites (N-methyl/N-ethyl adjacent to an activating group) is 1. The lowest BCUT2D eigenvalue weighted by molar-refractivity contribution is 0.333. The van der Waals surface area contributed by atoms with E-state index in [4.69, 9.17) is 5.73 Å². The van der Waals surface area contributed by atoms with Crippen LogP contribution in [-0.4, -0.2) is 51.4 Å². The molecule has 0 radical (unpaired) electrons. The number of hydrogen-bond acceptors (Lipinski definition) is 4. The number of nitrogens with two attached hydrogens (primary N) is 1. The molecule has 0 unspecified atom stereocenters. The standard InChI is InChI=1S/C14H25N3O2S/c1-5-6-17(8-7-16(3)4)20(18,19)14-10-12(2)9-13(15)11-14/h9-11H,5-8,15H2,1-4H3. The van der Waals surface area contributed by atoms with E-state index in [1.807, 2.05) is 32.8 Å². The van der Waals surface area contributed by atoms with Crippen molar-refractivity contribution in [3.05, 3.63) is 23.8 Å². The quantitative estimate of drug-likeness (QED) is 0.776. The van der Waals surface area contributed by atoms with Crippen LogP contribution in [0.1, 0.15) is 18.9 Å². The van der Waals surface area contributed by atoms with Crippen LogP contribution in [0.5, 0.6) is 0 Å². The van der Waals surface area contributed by atoms with E-state index >= 15 is 0 Å². The van der Waals surface area contributed by atoms with E-state index in [1.165, 1.54) is 10.4 Å². The average molecular weight is 299 g/mol. The molecule has 0 saturated heterocycles. The van der Waals surface area contributed by atoms with Gasteiger partial charge in [-0.1, -0.05) is 6.92 Å². The molecule has 0 aliphatic heterocycles. The Balaban J connectivity index is 3.08. The van der Waals surface area contributed by atoms with Gasteiger partial charge >= 0.3 is 0 Å². The summed E-state index contributed by atoms with van der Waals surface area (Å²) in [6, 6.07) is 4.97. The lowest BCUT2D eigenvalue weighted by Gasteiger charge is -2.23. The molecular weight excluding hydrogens is 274 g/mol. The van der Waals surface area contributed by atoms with Crippen LogP contribution < -0.4 is 5.73 Å². The van der Waals surface area contributed by atoms with Gasteiger partial charge in [0, 0.05) is 25.3 Å². The minimum Gasteiger partial charge on any atom is -0.399 e. The number of nitrogens with zero attached hydrogens (tertiary/aromatic N) is 2. The Hall–Kier alpha value is -1.11. The first-order valence-corrected chi connectivity index (χ1v) is 8.23. The Labute approximate surface area is 122 Å². The summed E-state index contributed by atoms with van der Waals surface area (Å²) in [4.78, 5) is 2.25.